The van der Waals surface area contributed by atoms with Gasteiger partial charge in [0, 0.05) is 12.6 Å². The zero-order chi connectivity index (χ0) is 17.1. The van der Waals surface area contributed by atoms with E-state index in [0.29, 0.717) is 18.0 Å². The van der Waals surface area contributed by atoms with Gasteiger partial charge in [-0.1, -0.05) is 11.2 Å². The normalized spacial score (nSPS) is 16.2. The Morgan fingerprint density at radius 2 is 2.20 bits per heavy atom. The standard InChI is InChI=1S/C18H19N3O3S/c22-18(13-11-16(24-20-13)17-6-4-10-25-17)19-12-14(15-5-3-9-23-15)21-7-1-2-8-21/h3-6,9-11,14H,1-2,7-8,12H2,(H,19,22)/t14-/m1/s1. The van der Waals surface area contributed by atoms with E-state index in [0.717, 1.165) is 23.7 Å². The molecule has 1 aliphatic rings. The summed E-state index contributed by atoms with van der Waals surface area (Å²) in [5, 5.41) is 8.82. The fourth-order valence-electron chi connectivity index (χ4n) is 3.14. The Labute approximate surface area is 149 Å². The Balaban J connectivity index is 1.43. The first-order valence-electron chi connectivity index (χ1n) is 8.37. The molecule has 1 fully saturated rings. The van der Waals surface area contributed by atoms with E-state index in [9.17, 15) is 4.79 Å². The van der Waals surface area contributed by atoms with Crippen LogP contribution in [-0.4, -0.2) is 35.6 Å². The van der Waals surface area contributed by atoms with Gasteiger partial charge in [0.2, 0.25) is 0 Å². The molecule has 1 saturated heterocycles. The van der Waals surface area contributed by atoms with Crippen molar-refractivity contribution in [3.8, 4) is 10.6 Å². The number of likely N-dealkylation sites (tertiary alicyclic amines) is 1. The molecule has 1 amide bonds. The summed E-state index contributed by atoms with van der Waals surface area (Å²) in [5.41, 5.74) is 0.294. The molecular formula is C18H19N3O3S. The lowest BCUT2D eigenvalue weighted by Gasteiger charge is -2.25. The smallest absolute Gasteiger partial charge is 0.273 e. The third-order valence-corrected chi connectivity index (χ3v) is 5.30. The van der Waals surface area contributed by atoms with Crippen LogP contribution in [0.3, 0.4) is 0 Å². The highest BCUT2D eigenvalue weighted by Crippen LogP contribution is 2.26. The van der Waals surface area contributed by atoms with Crippen molar-refractivity contribution in [3.63, 3.8) is 0 Å². The van der Waals surface area contributed by atoms with Gasteiger partial charge in [-0.25, -0.2) is 0 Å². The van der Waals surface area contributed by atoms with Crippen molar-refractivity contribution in [1.82, 2.24) is 15.4 Å². The Kier molecular flexibility index (Phi) is 4.67. The minimum absolute atomic E-state index is 0.0464. The fourth-order valence-corrected chi connectivity index (χ4v) is 3.81. The number of rotatable bonds is 6. The molecule has 25 heavy (non-hydrogen) atoms. The van der Waals surface area contributed by atoms with E-state index in [-0.39, 0.29) is 11.9 Å². The zero-order valence-electron chi connectivity index (χ0n) is 13.7. The summed E-state index contributed by atoms with van der Waals surface area (Å²) in [7, 11) is 0. The largest absolute Gasteiger partial charge is 0.468 e. The van der Waals surface area contributed by atoms with Crippen LogP contribution in [0.2, 0.25) is 0 Å². The highest BCUT2D eigenvalue weighted by Gasteiger charge is 2.26. The molecule has 0 bridgehead atoms. The maximum Gasteiger partial charge on any atom is 0.273 e. The number of carbonyl (C=O) groups is 1. The second-order valence-corrected chi connectivity index (χ2v) is 6.99. The van der Waals surface area contributed by atoms with Crippen molar-refractivity contribution < 1.29 is 13.7 Å². The van der Waals surface area contributed by atoms with Gasteiger partial charge in [-0.05, 0) is 49.5 Å². The van der Waals surface area contributed by atoms with Crippen molar-refractivity contribution in [3.05, 3.63) is 53.4 Å². The molecule has 0 aliphatic carbocycles. The molecule has 0 unspecified atom stereocenters. The average Bonchev–Trinajstić information content (AvgIpc) is 3.43. The van der Waals surface area contributed by atoms with Crippen LogP contribution in [-0.2, 0) is 0 Å². The molecule has 4 rings (SSSR count). The number of amides is 1. The summed E-state index contributed by atoms with van der Waals surface area (Å²) in [6.07, 6.45) is 4.03. The van der Waals surface area contributed by atoms with Gasteiger partial charge < -0.3 is 14.3 Å². The molecule has 7 heteroatoms. The summed E-state index contributed by atoms with van der Waals surface area (Å²) < 4.78 is 10.9. The van der Waals surface area contributed by atoms with Gasteiger partial charge in [0.1, 0.15) is 5.76 Å². The topological polar surface area (TPSA) is 71.5 Å². The minimum atomic E-state index is -0.234. The quantitative estimate of drug-likeness (QED) is 0.730. The lowest BCUT2D eigenvalue weighted by Crippen LogP contribution is -2.36. The zero-order valence-corrected chi connectivity index (χ0v) is 14.5. The molecule has 3 aromatic rings. The van der Waals surface area contributed by atoms with Crippen molar-refractivity contribution in [2.24, 2.45) is 0 Å². The summed E-state index contributed by atoms with van der Waals surface area (Å²) in [6, 6.07) is 9.44. The van der Waals surface area contributed by atoms with E-state index in [1.54, 1.807) is 23.7 Å². The number of aromatic nitrogens is 1. The van der Waals surface area contributed by atoms with Crippen LogP contribution in [0.15, 0.2) is 50.9 Å². The van der Waals surface area contributed by atoms with Crippen LogP contribution in [0, 0.1) is 0 Å². The number of furan rings is 1. The third-order valence-electron chi connectivity index (χ3n) is 4.42. The highest BCUT2D eigenvalue weighted by atomic mass is 32.1. The molecular weight excluding hydrogens is 338 g/mol. The second-order valence-electron chi connectivity index (χ2n) is 6.04. The van der Waals surface area contributed by atoms with Crippen molar-refractivity contribution in [2.45, 2.75) is 18.9 Å². The minimum Gasteiger partial charge on any atom is -0.468 e. The average molecular weight is 357 g/mol. The fraction of sp³-hybridized carbons (Fsp3) is 0.333. The first-order valence-corrected chi connectivity index (χ1v) is 9.25. The lowest BCUT2D eigenvalue weighted by molar-refractivity contribution is 0.0925. The number of hydrogen-bond donors (Lipinski definition) is 1. The molecule has 0 aromatic carbocycles. The lowest BCUT2D eigenvalue weighted by atomic mass is 10.2. The van der Waals surface area contributed by atoms with E-state index < -0.39 is 0 Å². The van der Waals surface area contributed by atoms with Crippen molar-refractivity contribution >= 4 is 17.2 Å². The second kappa shape index (κ2) is 7.25. The molecule has 0 saturated carbocycles. The van der Waals surface area contributed by atoms with Crippen LogP contribution in [0.5, 0.6) is 0 Å². The van der Waals surface area contributed by atoms with Crippen molar-refractivity contribution in [2.75, 3.05) is 19.6 Å². The van der Waals surface area contributed by atoms with E-state index in [4.69, 9.17) is 8.94 Å². The Bertz CT molecular complexity index is 805. The molecule has 1 aliphatic heterocycles. The number of nitrogens with zero attached hydrogens (tertiary/aromatic N) is 2. The van der Waals surface area contributed by atoms with E-state index in [1.165, 1.54) is 12.8 Å². The third kappa shape index (κ3) is 3.52. The van der Waals surface area contributed by atoms with Gasteiger partial charge in [-0.15, -0.1) is 11.3 Å². The SMILES string of the molecule is O=C(NC[C@H](c1ccco1)N1CCCC1)c1cc(-c2cccs2)on1. The Morgan fingerprint density at radius 3 is 2.92 bits per heavy atom. The predicted octanol–water partition coefficient (Wildman–Crippen LogP) is 3.56. The maximum absolute atomic E-state index is 12.4. The Morgan fingerprint density at radius 1 is 1.32 bits per heavy atom. The van der Waals surface area contributed by atoms with Crippen LogP contribution in [0.25, 0.3) is 10.6 Å². The van der Waals surface area contributed by atoms with Crippen LogP contribution >= 0.6 is 11.3 Å². The van der Waals surface area contributed by atoms with Gasteiger partial charge in [0.05, 0.1) is 17.2 Å². The summed E-state index contributed by atoms with van der Waals surface area (Å²) in [6.45, 7) is 2.52. The Hall–Kier alpha value is -2.38. The molecule has 3 aromatic heterocycles. The summed E-state index contributed by atoms with van der Waals surface area (Å²) in [4.78, 5) is 15.7. The highest BCUT2D eigenvalue weighted by molar-refractivity contribution is 7.13. The number of hydrogen-bond acceptors (Lipinski definition) is 6. The van der Waals surface area contributed by atoms with Crippen LogP contribution in [0.1, 0.15) is 35.1 Å². The molecule has 0 spiro atoms. The maximum atomic E-state index is 12.4. The first-order chi connectivity index (χ1) is 12.3. The molecule has 4 heterocycles. The van der Waals surface area contributed by atoms with Crippen LogP contribution in [0.4, 0.5) is 0 Å². The first kappa shape index (κ1) is 16.1. The molecule has 6 nitrogen and oxygen atoms in total. The summed E-state index contributed by atoms with van der Waals surface area (Å²) in [5.74, 6) is 1.26. The molecule has 1 N–H and O–H groups in total. The molecule has 0 radical (unpaired) electrons. The monoisotopic (exact) mass is 357 g/mol. The van der Waals surface area contributed by atoms with Gasteiger partial charge in [0.25, 0.3) is 5.91 Å². The predicted molar refractivity (Wildman–Crippen MR) is 94.4 cm³/mol. The molecule has 1 atom stereocenters. The van der Waals surface area contributed by atoms with E-state index in [2.05, 4.69) is 15.4 Å². The van der Waals surface area contributed by atoms with E-state index in [1.807, 2.05) is 29.6 Å². The van der Waals surface area contributed by atoms with E-state index >= 15 is 0 Å². The van der Waals surface area contributed by atoms with Gasteiger partial charge in [-0.2, -0.15) is 0 Å². The van der Waals surface area contributed by atoms with Crippen molar-refractivity contribution in [1.29, 1.82) is 0 Å². The summed E-state index contributed by atoms with van der Waals surface area (Å²) >= 11 is 1.55. The number of carbonyl (C=O) groups excluding carboxylic acids is 1. The van der Waals surface area contributed by atoms with Gasteiger partial charge in [0.15, 0.2) is 11.5 Å². The van der Waals surface area contributed by atoms with Gasteiger partial charge >= 0.3 is 0 Å². The number of nitrogens with one attached hydrogen (secondary N) is 1. The van der Waals surface area contributed by atoms with Crippen LogP contribution < -0.4 is 5.32 Å². The van der Waals surface area contributed by atoms with Gasteiger partial charge in [-0.3, -0.25) is 9.69 Å². The molecule has 130 valence electrons. The number of thiophene rings is 1.